The summed E-state index contributed by atoms with van der Waals surface area (Å²) in [5.74, 6) is 1.77. The van der Waals surface area contributed by atoms with Gasteiger partial charge in [0.2, 0.25) is 0 Å². The molecule has 6 heteroatoms. The number of piperazine rings is 1. The lowest BCUT2D eigenvalue weighted by Crippen LogP contribution is -2.47. The van der Waals surface area contributed by atoms with E-state index in [0.29, 0.717) is 11.1 Å². The highest BCUT2D eigenvalue weighted by Gasteiger charge is 2.24. The van der Waals surface area contributed by atoms with Gasteiger partial charge in [-0.1, -0.05) is 17.7 Å². The van der Waals surface area contributed by atoms with Crippen molar-refractivity contribution in [2.75, 3.05) is 64.4 Å². The van der Waals surface area contributed by atoms with E-state index in [9.17, 15) is 0 Å². The van der Waals surface area contributed by atoms with Crippen LogP contribution in [0.15, 0.2) is 30.3 Å². The van der Waals surface area contributed by atoms with E-state index >= 15 is 0 Å². The van der Waals surface area contributed by atoms with Gasteiger partial charge in [0.05, 0.1) is 18.7 Å². The summed E-state index contributed by atoms with van der Waals surface area (Å²) < 4.78 is 11.6. The summed E-state index contributed by atoms with van der Waals surface area (Å²) >= 11 is 6.21. The van der Waals surface area contributed by atoms with Crippen molar-refractivity contribution in [3.8, 4) is 11.5 Å². The standard InChI is InChI=1S/C28H40ClN3O2/c1-21-22(2)27(34-19-7-14-30-12-5-6-13-30)11-9-25(21)23(3)31-15-17-32(18-16-31)24-8-10-26(29)28(20-24)33-4/h8-11,20,23H,5-7,12-19H2,1-4H3. The number of hydrogen-bond acceptors (Lipinski definition) is 5. The van der Waals surface area contributed by atoms with E-state index in [4.69, 9.17) is 21.1 Å². The third kappa shape index (κ3) is 5.81. The third-order valence-corrected chi connectivity index (χ3v) is 7.98. The van der Waals surface area contributed by atoms with Crippen LogP contribution in [0.2, 0.25) is 5.02 Å². The second-order valence-corrected chi connectivity index (χ2v) is 10.1. The topological polar surface area (TPSA) is 28.2 Å². The minimum atomic E-state index is 0.379. The molecule has 5 nitrogen and oxygen atoms in total. The van der Waals surface area contributed by atoms with E-state index in [1.165, 1.54) is 48.3 Å². The van der Waals surface area contributed by atoms with Crippen LogP contribution in [0.3, 0.4) is 0 Å². The van der Waals surface area contributed by atoms with Crippen molar-refractivity contribution in [3.63, 3.8) is 0 Å². The molecule has 0 spiro atoms. The van der Waals surface area contributed by atoms with E-state index in [2.05, 4.69) is 53.7 Å². The summed E-state index contributed by atoms with van der Waals surface area (Å²) in [6.07, 6.45) is 3.80. The van der Waals surface area contributed by atoms with E-state index in [1.54, 1.807) is 7.11 Å². The molecular weight excluding hydrogens is 446 g/mol. The van der Waals surface area contributed by atoms with E-state index in [-0.39, 0.29) is 0 Å². The quantitative estimate of drug-likeness (QED) is 0.424. The van der Waals surface area contributed by atoms with Gasteiger partial charge in [0.1, 0.15) is 11.5 Å². The maximum Gasteiger partial charge on any atom is 0.139 e. The summed E-state index contributed by atoms with van der Waals surface area (Å²) in [6.45, 7) is 15.3. The minimum absolute atomic E-state index is 0.379. The highest BCUT2D eigenvalue weighted by molar-refractivity contribution is 6.32. The summed E-state index contributed by atoms with van der Waals surface area (Å²) in [5.41, 5.74) is 5.21. The molecule has 0 aliphatic carbocycles. The lowest BCUT2D eigenvalue weighted by atomic mass is 9.96. The molecule has 2 fully saturated rings. The van der Waals surface area contributed by atoms with Crippen molar-refractivity contribution in [2.24, 2.45) is 0 Å². The van der Waals surface area contributed by atoms with E-state index in [0.717, 1.165) is 57.3 Å². The molecule has 186 valence electrons. The lowest BCUT2D eigenvalue weighted by Gasteiger charge is -2.40. The Morgan fingerprint density at radius 1 is 0.912 bits per heavy atom. The molecule has 0 aromatic heterocycles. The number of methoxy groups -OCH3 is 1. The summed E-state index contributed by atoms with van der Waals surface area (Å²) in [6, 6.07) is 10.9. The van der Waals surface area contributed by atoms with Crippen molar-refractivity contribution in [3.05, 3.63) is 52.0 Å². The highest BCUT2D eigenvalue weighted by Crippen LogP contribution is 2.33. The molecule has 1 atom stereocenters. The molecule has 2 saturated heterocycles. The summed E-state index contributed by atoms with van der Waals surface area (Å²) in [5, 5.41) is 0.656. The van der Waals surface area contributed by atoms with Crippen LogP contribution in [-0.4, -0.2) is 69.3 Å². The zero-order chi connectivity index (χ0) is 24.1. The maximum atomic E-state index is 6.21. The number of ether oxygens (including phenoxy) is 2. The van der Waals surface area contributed by atoms with Gasteiger partial charge < -0.3 is 19.3 Å². The first-order chi connectivity index (χ1) is 16.5. The Kier molecular flexibility index (Phi) is 8.62. The van der Waals surface area contributed by atoms with Crippen molar-refractivity contribution in [2.45, 2.75) is 46.1 Å². The van der Waals surface area contributed by atoms with Crippen LogP contribution < -0.4 is 14.4 Å². The first kappa shape index (κ1) is 25.2. The predicted octanol–water partition coefficient (Wildman–Crippen LogP) is 5.71. The number of halogens is 1. The molecule has 0 saturated carbocycles. The Hall–Kier alpha value is -1.95. The van der Waals surface area contributed by atoms with Crippen molar-refractivity contribution >= 4 is 17.3 Å². The van der Waals surface area contributed by atoms with Crippen LogP contribution in [0, 0.1) is 13.8 Å². The van der Waals surface area contributed by atoms with Gasteiger partial charge in [-0.2, -0.15) is 0 Å². The third-order valence-electron chi connectivity index (χ3n) is 7.67. The van der Waals surface area contributed by atoms with Crippen molar-refractivity contribution in [1.82, 2.24) is 9.80 Å². The summed E-state index contributed by atoms with van der Waals surface area (Å²) in [7, 11) is 1.67. The van der Waals surface area contributed by atoms with Gasteiger partial charge in [-0.3, -0.25) is 4.90 Å². The molecule has 2 aliphatic rings. The molecular formula is C28H40ClN3O2. The molecule has 0 radical (unpaired) electrons. The van der Waals surface area contributed by atoms with E-state index < -0.39 is 0 Å². The first-order valence-corrected chi connectivity index (χ1v) is 13.1. The van der Waals surface area contributed by atoms with Crippen LogP contribution in [0.1, 0.15) is 48.9 Å². The van der Waals surface area contributed by atoms with E-state index in [1.807, 2.05) is 12.1 Å². The Morgan fingerprint density at radius 2 is 1.65 bits per heavy atom. The molecule has 0 bridgehead atoms. The minimum Gasteiger partial charge on any atom is -0.495 e. The Labute approximate surface area is 210 Å². The fraction of sp³-hybridized carbons (Fsp3) is 0.571. The largest absolute Gasteiger partial charge is 0.495 e. The second kappa shape index (κ2) is 11.7. The molecule has 34 heavy (non-hydrogen) atoms. The molecule has 2 aliphatic heterocycles. The number of rotatable bonds is 9. The average molecular weight is 486 g/mol. The SMILES string of the molecule is COc1cc(N2CCN(C(C)c3ccc(OCCCN4CCCC4)c(C)c3C)CC2)ccc1Cl. The molecule has 2 aromatic carbocycles. The van der Waals surface area contributed by atoms with Gasteiger partial charge in [-0.05, 0) is 88.0 Å². The first-order valence-electron chi connectivity index (χ1n) is 12.8. The van der Waals surface area contributed by atoms with Gasteiger partial charge >= 0.3 is 0 Å². The van der Waals surface area contributed by atoms with Crippen molar-refractivity contribution < 1.29 is 9.47 Å². The van der Waals surface area contributed by atoms with Gasteiger partial charge in [-0.25, -0.2) is 0 Å². The number of benzene rings is 2. The fourth-order valence-electron chi connectivity index (χ4n) is 5.31. The highest BCUT2D eigenvalue weighted by atomic mass is 35.5. The summed E-state index contributed by atoms with van der Waals surface area (Å²) in [4.78, 5) is 7.55. The zero-order valence-corrected chi connectivity index (χ0v) is 22.0. The molecule has 2 aromatic rings. The number of likely N-dealkylation sites (tertiary alicyclic amines) is 1. The Bertz CT molecular complexity index is 953. The van der Waals surface area contributed by atoms with Crippen LogP contribution in [0.25, 0.3) is 0 Å². The predicted molar refractivity (Wildman–Crippen MR) is 142 cm³/mol. The Morgan fingerprint density at radius 3 is 2.35 bits per heavy atom. The molecule has 0 N–H and O–H groups in total. The average Bonchev–Trinajstić information content (AvgIpc) is 3.38. The number of nitrogens with zero attached hydrogens (tertiary/aromatic N) is 3. The molecule has 2 heterocycles. The second-order valence-electron chi connectivity index (χ2n) is 9.67. The van der Waals surface area contributed by atoms with Crippen LogP contribution in [0.5, 0.6) is 11.5 Å². The normalized spacial score (nSPS) is 18.3. The number of anilines is 1. The molecule has 0 amide bonds. The van der Waals surface area contributed by atoms with Crippen LogP contribution >= 0.6 is 11.6 Å². The van der Waals surface area contributed by atoms with Gasteiger partial charge in [0.15, 0.2) is 0 Å². The fourth-order valence-corrected chi connectivity index (χ4v) is 5.51. The van der Waals surface area contributed by atoms with Crippen LogP contribution in [-0.2, 0) is 0 Å². The van der Waals surface area contributed by atoms with Crippen LogP contribution in [0.4, 0.5) is 5.69 Å². The van der Waals surface area contributed by atoms with Gasteiger partial charge in [-0.15, -0.1) is 0 Å². The monoisotopic (exact) mass is 485 g/mol. The van der Waals surface area contributed by atoms with Crippen molar-refractivity contribution in [1.29, 1.82) is 0 Å². The zero-order valence-electron chi connectivity index (χ0n) is 21.3. The van der Waals surface area contributed by atoms with Gasteiger partial charge in [0, 0.05) is 50.5 Å². The molecule has 1 unspecified atom stereocenters. The number of hydrogen-bond donors (Lipinski definition) is 0. The maximum absolute atomic E-state index is 6.21. The lowest BCUT2D eigenvalue weighted by molar-refractivity contribution is 0.198. The van der Waals surface area contributed by atoms with Gasteiger partial charge in [0.25, 0.3) is 0 Å². The smallest absolute Gasteiger partial charge is 0.139 e. The Balaban J connectivity index is 1.32. The molecule has 4 rings (SSSR count).